The van der Waals surface area contributed by atoms with Crippen molar-refractivity contribution in [2.45, 2.75) is 33.5 Å². The van der Waals surface area contributed by atoms with E-state index in [0.717, 1.165) is 24.9 Å². The van der Waals surface area contributed by atoms with Crippen molar-refractivity contribution in [2.75, 3.05) is 7.05 Å². The molecule has 1 aromatic carbocycles. The van der Waals surface area contributed by atoms with E-state index in [4.69, 9.17) is 0 Å². The van der Waals surface area contributed by atoms with Crippen LogP contribution in [0.2, 0.25) is 0 Å². The fourth-order valence-electron chi connectivity index (χ4n) is 2.23. The Balaban J connectivity index is 0.00000264. The molecule has 2 rings (SSSR count). The van der Waals surface area contributed by atoms with E-state index in [1.54, 1.807) is 7.05 Å². The first kappa shape index (κ1) is 19.5. The fourth-order valence-corrected chi connectivity index (χ4v) is 2.23. The molecule has 1 aromatic heterocycles. The van der Waals surface area contributed by atoms with Crippen molar-refractivity contribution >= 4 is 29.9 Å². The number of nitrogens with one attached hydrogen (secondary N) is 2. The molecule has 126 valence electrons. The average Bonchev–Trinajstić information content (AvgIpc) is 2.95. The standard InChI is InChI=1S/C17H25N5.HI/c1-14(2)13-22-10-9-19-16(22)12-21-17(18-3)20-11-15-7-5-4-6-8-15;/h4-10,14H,11-13H2,1-3H3,(H2,18,20,21);1H. The van der Waals surface area contributed by atoms with Crippen molar-refractivity contribution in [2.24, 2.45) is 10.9 Å². The summed E-state index contributed by atoms with van der Waals surface area (Å²) in [6.07, 6.45) is 3.87. The molecule has 2 aromatic rings. The molecule has 0 saturated heterocycles. The summed E-state index contributed by atoms with van der Waals surface area (Å²) in [5.41, 5.74) is 1.23. The fraction of sp³-hybridized carbons (Fsp3) is 0.412. The molecule has 0 aliphatic heterocycles. The Kier molecular flexibility index (Phi) is 8.68. The van der Waals surface area contributed by atoms with E-state index in [0.29, 0.717) is 12.5 Å². The molecule has 2 N–H and O–H groups in total. The summed E-state index contributed by atoms with van der Waals surface area (Å²) in [5, 5.41) is 6.62. The number of guanidine groups is 1. The van der Waals surface area contributed by atoms with Gasteiger partial charge in [0.25, 0.3) is 0 Å². The number of hydrogen-bond acceptors (Lipinski definition) is 2. The average molecular weight is 427 g/mol. The van der Waals surface area contributed by atoms with Crippen LogP contribution in [-0.2, 0) is 19.6 Å². The van der Waals surface area contributed by atoms with Crippen molar-refractivity contribution in [3.05, 3.63) is 54.1 Å². The predicted molar refractivity (Wildman–Crippen MR) is 106 cm³/mol. The maximum absolute atomic E-state index is 4.41. The Morgan fingerprint density at radius 3 is 2.52 bits per heavy atom. The first-order valence-electron chi connectivity index (χ1n) is 7.67. The minimum atomic E-state index is 0. The number of nitrogens with zero attached hydrogens (tertiary/aromatic N) is 3. The lowest BCUT2D eigenvalue weighted by Crippen LogP contribution is -2.37. The number of aliphatic imine (C=N–C) groups is 1. The van der Waals surface area contributed by atoms with Gasteiger partial charge in [0.2, 0.25) is 0 Å². The summed E-state index contributed by atoms with van der Waals surface area (Å²) in [5.74, 6) is 2.41. The lowest BCUT2D eigenvalue weighted by Gasteiger charge is -2.14. The summed E-state index contributed by atoms with van der Waals surface area (Å²) in [4.78, 5) is 8.66. The monoisotopic (exact) mass is 427 g/mol. The van der Waals surface area contributed by atoms with Crippen molar-refractivity contribution < 1.29 is 0 Å². The third-order valence-corrected chi connectivity index (χ3v) is 3.30. The first-order valence-corrected chi connectivity index (χ1v) is 7.67. The first-order chi connectivity index (χ1) is 10.7. The maximum atomic E-state index is 4.41. The molecule has 0 spiro atoms. The lowest BCUT2D eigenvalue weighted by atomic mass is 10.2. The van der Waals surface area contributed by atoms with E-state index in [2.05, 4.69) is 51.2 Å². The van der Waals surface area contributed by atoms with E-state index in [9.17, 15) is 0 Å². The normalized spacial score (nSPS) is 11.2. The Labute approximate surface area is 155 Å². The molecule has 0 radical (unpaired) electrons. The summed E-state index contributed by atoms with van der Waals surface area (Å²) in [7, 11) is 1.78. The lowest BCUT2D eigenvalue weighted by molar-refractivity contribution is 0.503. The zero-order valence-electron chi connectivity index (χ0n) is 14.0. The third-order valence-electron chi connectivity index (χ3n) is 3.30. The highest BCUT2D eigenvalue weighted by Gasteiger charge is 2.05. The molecule has 6 heteroatoms. The van der Waals surface area contributed by atoms with Crippen LogP contribution in [0.1, 0.15) is 25.2 Å². The van der Waals surface area contributed by atoms with Crippen LogP contribution in [0.4, 0.5) is 0 Å². The Morgan fingerprint density at radius 2 is 1.87 bits per heavy atom. The highest BCUT2D eigenvalue weighted by molar-refractivity contribution is 14.0. The Bertz CT molecular complexity index is 592. The molecule has 0 saturated carbocycles. The van der Waals surface area contributed by atoms with Gasteiger partial charge in [-0.2, -0.15) is 0 Å². The summed E-state index contributed by atoms with van der Waals surface area (Å²) in [6, 6.07) is 10.3. The SMILES string of the molecule is CN=C(NCc1ccccc1)NCc1nccn1CC(C)C.I. The molecule has 0 aliphatic carbocycles. The largest absolute Gasteiger partial charge is 0.352 e. The molecule has 0 unspecified atom stereocenters. The van der Waals surface area contributed by atoms with Gasteiger partial charge in [-0.1, -0.05) is 44.2 Å². The van der Waals surface area contributed by atoms with Crippen LogP contribution < -0.4 is 10.6 Å². The van der Waals surface area contributed by atoms with Crippen LogP contribution in [0.5, 0.6) is 0 Å². The van der Waals surface area contributed by atoms with E-state index in [-0.39, 0.29) is 24.0 Å². The van der Waals surface area contributed by atoms with E-state index in [1.807, 2.05) is 30.6 Å². The van der Waals surface area contributed by atoms with Crippen molar-refractivity contribution in [3.8, 4) is 0 Å². The van der Waals surface area contributed by atoms with Gasteiger partial charge >= 0.3 is 0 Å². The summed E-state index contributed by atoms with van der Waals surface area (Å²) >= 11 is 0. The van der Waals surface area contributed by atoms with Crippen LogP contribution in [0.25, 0.3) is 0 Å². The predicted octanol–water partition coefficient (Wildman–Crippen LogP) is 3.02. The molecular weight excluding hydrogens is 401 g/mol. The second-order valence-electron chi connectivity index (χ2n) is 5.65. The highest BCUT2D eigenvalue weighted by Crippen LogP contribution is 2.03. The molecule has 0 fully saturated rings. The Hall–Kier alpha value is -1.57. The highest BCUT2D eigenvalue weighted by atomic mass is 127. The number of halogens is 1. The van der Waals surface area contributed by atoms with Crippen LogP contribution in [-0.4, -0.2) is 22.6 Å². The molecule has 5 nitrogen and oxygen atoms in total. The van der Waals surface area contributed by atoms with Gasteiger partial charge < -0.3 is 15.2 Å². The summed E-state index contributed by atoms with van der Waals surface area (Å²) < 4.78 is 2.18. The minimum absolute atomic E-state index is 0. The number of benzene rings is 1. The second-order valence-corrected chi connectivity index (χ2v) is 5.65. The van der Waals surface area contributed by atoms with Gasteiger partial charge in [0.05, 0.1) is 6.54 Å². The molecule has 0 atom stereocenters. The third kappa shape index (κ3) is 6.60. The van der Waals surface area contributed by atoms with Crippen LogP contribution >= 0.6 is 24.0 Å². The van der Waals surface area contributed by atoms with E-state index < -0.39 is 0 Å². The van der Waals surface area contributed by atoms with Crippen molar-refractivity contribution in [3.63, 3.8) is 0 Å². The van der Waals surface area contributed by atoms with Gasteiger partial charge in [-0.25, -0.2) is 4.98 Å². The molecule has 0 bridgehead atoms. The van der Waals surface area contributed by atoms with Gasteiger partial charge in [0.15, 0.2) is 5.96 Å². The van der Waals surface area contributed by atoms with Crippen molar-refractivity contribution in [1.29, 1.82) is 0 Å². The number of rotatable bonds is 6. The molecular formula is C17H26IN5. The van der Waals surface area contributed by atoms with Crippen molar-refractivity contribution in [1.82, 2.24) is 20.2 Å². The van der Waals surface area contributed by atoms with Gasteiger partial charge in [0, 0.05) is 32.5 Å². The van der Waals surface area contributed by atoms with Gasteiger partial charge in [-0.15, -0.1) is 24.0 Å². The van der Waals surface area contributed by atoms with Crippen LogP contribution in [0, 0.1) is 5.92 Å². The number of hydrogen-bond donors (Lipinski definition) is 2. The Morgan fingerprint density at radius 1 is 1.17 bits per heavy atom. The van der Waals surface area contributed by atoms with Gasteiger partial charge in [-0.3, -0.25) is 4.99 Å². The quantitative estimate of drug-likeness (QED) is 0.424. The van der Waals surface area contributed by atoms with E-state index >= 15 is 0 Å². The molecule has 23 heavy (non-hydrogen) atoms. The zero-order valence-corrected chi connectivity index (χ0v) is 16.3. The van der Waals surface area contributed by atoms with Gasteiger partial charge in [0.1, 0.15) is 5.82 Å². The minimum Gasteiger partial charge on any atom is -0.352 e. The number of aromatic nitrogens is 2. The molecule has 0 amide bonds. The zero-order chi connectivity index (χ0) is 15.8. The summed E-state index contributed by atoms with van der Waals surface area (Å²) in [6.45, 7) is 6.80. The van der Waals surface area contributed by atoms with Crippen LogP contribution in [0.3, 0.4) is 0 Å². The maximum Gasteiger partial charge on any atom is 0.191 e. The smallest absolute Gasteiger partial charge is 0.191 e. The topological polar surface area (TPSA) is 54.2 Å². The molecule has 1 heterocycles. The number of imidazole rings is 1. The van der Waals surface area contributed by atoms with Crippen LogP contribution in [0.15, 0.2) is 47.7 Å². The van der Waals surface area contributed by atoms with Gasteiger partial charge in [-0.05, 0) is 11.5 Å². The van der Waals surface area contributed by atoms with E-state index in [1.165, 1.54) is 5.56 Å². The second kappa shape index (κ2) is 10.3. The molecule has 0 aliphatic rings.